The van der Waals surface area contributed by atoms with Gasteiger partial charge in [-0.2, -0.15) is 0 Å². The highest BCUT2D eigenvalue weighted by atomic mass is 16.3. The number of rotatable bonds is 1. The molecule has 0 saturated heterocycles. The van der Waals surface area contributed by atoms with Crippen molar-refractivity contribution in [1.29, 1.82) is 0 Å². The first-order valence-corrected chi connectivity index (χ1v) is 9.17. The first kappa shape index (κ1) is 16.5. The molecule has 6 atom stereocenters. The van der Waals surface area contributed by atoms with Gasteiger partial charge in [0.15, 0.2) is 0 Å². The fourth-order valence-electron chi connectivity index (χ4n) is 6.18. The maximum absolute atomic E-state index is 11.1. The summed E-state index contributed by atoms with van der Waals surface area (Å²) < 4.78 is 0. The molecule has 2 heteroatoms. The minimum Gasteiger partial charge on any atom is -0.390 e. The van der Waals surface area contributed by atoms with Crippen molar-refractivity contribution in [3.63, 3.8) is 0 Å². The highest BCUT2D eigenvalue weighted by molar-refractivity contribution is 5.16. The minimum absolute atomic E-state index is 0.303. The van der Waals surface area contributed by atoms with E-state index in [1.54, 1.807) is 0 Å². The van der Waals surface area contributed by atoms with E-state index < -0.39 is 11.2 Å². The van der Waals surface area contributed by atoms with Gasteiger partial charge in [-0.3, -0.25) is 0 Å². The molecule has 0 aromatic rings. The van der Waals surface area contributed by atoms with E-state index in [4.69, 9.17) is 0 Å². The summed E-state index contributed by atoms with van der Waals surface area (Å²) in [6.45, 7) is 12.7. The molecule has 2 N–H and O–H groups in total. The van der Waals surface area contributed by atoms with Gasteiger partial charge in [0, 0.05) is 0 Å². The lowest BCUT2D eigenvalue weighted by molar-refractivity contribution is -0.0720. The van der Waals surface area contributed by atoms with Crippen LogP contribution in [0.1, 0.15) is 72.6 Å². The molecule has 0 heterocycles. The molecule has 0 aliphatic heterocycles. The van der Waals surface area contributed by atoms with E-state index in [9.17, 15) is 10.2 Å². The van der Waals surface area contributed by atoms with Crippen LogP contribution in [0.15, 0.2) is 12.2 Å². The van der Waals surface area contributed by atoms with Crippen molar-refractivity contribution < 1.29 is 10.2 Å². The molecule has 22 heavy (non-hydrogen) atoms. The summed E-state index contributed by atoms with van der Waals surface area (Å²) in [5, 5.41) is 21.7. The fourth-order valence-corrected chi connectivity index (χ4v) is 6.18. The van der Waals surface area contributed by atoms with Gasteiger partial charge in [0.2, 0.25) is 0 Å². The van der Waals surface area contributed by atoms with Crippen molar-refractivity contribution in [2.75, 3.05) is 0 Å². The van der Waals surface area contributed by atoms with Gasteiger partial charge in [-0.05, 0) is 94.8 Å². The summed E-state index contributed by atoms with van der Waals surface area (Å²) in [5.74, 6) is 1.75. The van der Waals surface area contributed by atoms with Crippen LogP contribution < -0.4 is 0 Å². The number of allylic oxidation sites excluding steroid dienone is 1. The normalized spacial score (nSPS) is 49.5. The Bertz CT molecular complexity index is 459. The summed E-state index contributed by atoms with van der Waals surface area (Å²) >= 11 is 0. The van der Waals surface area contributed by atoms with Gasteiger partial charge < -0.3 is 10.2 Å². The zero-order valence-corrected chi connectivity index (χ0v) is 14.9. The van der Waals surface area contributed by atoms with Crippen molar-refractivity contribution >= 4 is 0 Å². The first-order valence-electron chi connectivity index (χ1n) is 9.17. The quantitative estimate of drug-likeness (QED) is 0.709. The molecule has 0 radical (unpaired) electrons. The minimum atomic E-state index is -0.612. The number of aliphatic hydroxyl groups is 2. The summed E-state index contributed by atoms with van der Waals surface area (Å²) in [6, 6.07) is 0. The highest BCUT2D eigenvalue weighted by Crippen LogP contribution is 2.60. The van der Waals surface area contributed by atoms with Crippen LogP contribution in [-0.2, 0) is 0 Å². The van der Waals surface area contributed by atoms with E-state index >= 15 is 0 Å². The van der Waals surface area contributed by atoms with Crippen LogP contribution >= 0.6 is 0 Å². The molecule has 0 aromatic carbocycles. The van der Waals surface area contributed by atoms with E-state index in [2.05, 4.69) is 13.5 Å². The standard InChI is InChI=1S/C20H34O2/c1-13-6-7-15-14(13)12-19(4)10-8-16(18(2,3)21)17(19)9-11-20(15,5)22/h14-17,21-22H,1,6-12H2,2-5H3. The molecule has 3 aliphatic rings. The average molecular weight is 306 g/mol. The van der Waals surface area contributed by atoms with Gasteiger partial charge in [0.1, 0.15) is 0 Å². The Morgan fingerprint density at radius 2 is 1.77 bits per heavy atom. The lowest BCUT2D eigenvalue weighted by Gasteiger charge is -2.47. The third-order valence-electron chi connectivity index (χ3n) is 7.55. The molecule has 0 bridgehead atoms. The topological polar surface area (TPSA) is 40.5 Å². The van der Waals surface area contributed by atoms with E-state index in [0.29, 0.717) is 29.1 Å². The van der Waals surface area contributed by atoms with Crippen molar-refractivity contribution in [1.82, 2.24) is 0 Å². The lowest BCUT2D eigenvalue weighted by atomic mass is 9.60. The third-order valence-corrected chi connectivity index (χ3v) is 7.55. The first-order chi connectivity index (χ1) is 10.0. The average Bonchev–Trinajstić information content (AvgIpc) is 2.88. The molecule has 0 amide bonds. The maximum Gasteiger partial charge on any atom is 0.0653 e. The Balaban J connectivity index is 1.93. The molecule has 2 nitrogen and oxygen atoms in total. The Hall–Kier alpha value is -0.340. The smallest absolute Gasteiger partial charge is 0.0653 e. The SMILES string of the molecule is C=C1CCC2C1CC1(C)CCC(C(C)(C)O)C1CCC2(C)O. The van der Waals surface area contributed by atoms with Crippen molar-refractivity contribution in [3.05, 3.63) is 12.2 Å². The Morgan fingerprint density at radius 1 is 1.09 bits per heavy atom. The molecule has 3 fully saturated rings. The van der Waals surface area contributed by atoms with Crippen LogP contribution in [-0.4, -0.2) is 21.4 Å². The van der Waals surface area contributed by atoms with E-state index in [-0.39, 0.29) is 0 Å². The van der Waals surface area contributed by atoms with Gasteiger partial charge in [-0.25, -0.2) is 0 Å². The second-order valence-corrected chi connectivity index (χ2v) is 9.57. The second-order valence-electron chi connectivity index (χ2n) is 9.57. The number of hydrogen-bond acceptors (Lipinski definition) is 2. The Kier molecular flexibility index (Phi) is 3.81. The number of hydrogen-bond donors (Lipinski definition) is 2. The monoisotopic (exact) mass is 306 g/mol. The van der Waals surface area contributed by atoms with E-state index in [1.165, 1.54) is 12.0 Å². The van der Waals surface area contributed by atoms with E-state index in [1.807, 2.05) is 20.8 Å². The largest absolute Gasteiger partial charge is 0.390 e. The van der Waals surface area contributed by atoms with Gasteiger partial charge in [0.25, 0.3) is 0 Å². The van der Waals surface area contributed by atoms with E-state index in [0.717, 1.165) is 38.5 Å². The van der Waals surface area contributed by atoms with Crippen LogP contribution in [0.3, 0.4) is 0 Å². The van der Waals surface area contributed by atoms with Crippen molar-refractivity contribution in [2.24, 2.45) is 29.1 Å². The van der Waals surface area contributed by atoms with Crippen molar-refractivity contribution in [2.45, 2.75) is 83.8 Å². The fraction of sp³-hybridized carbons (Fsp3) is 0.900. The molecule has 6 unspecified atom stereocenters. The molecule has 3 aliphatic carbocycles. The van der Waals surface area contributed by atoms with Gasteiger partial charge in [0.05, 0.1) is 11.2 Å². The summed E-state index contributed by atoms with van der Waals surface area (Å²) in [7, 11) is 0. The summed E-state index contributed by atoms with van der Waals surface area (Å²) in [5.41, 5.74) is 0.480. The zero-order chi connectivity index (χ0) is 16.3. The molecule has 0 spiro atoms. The van der Waals surface area contributed by atoms with Crippen LogP contribution in [0.2, 0.25) is 0 Å². The van der Waals surface area contributed by atoms with Crippen LogP contribution in [0.25, 0.3) is 0 Å². The van der Waals surface area contributed by atoms with Gasteiger partial charge in [-0.15, -0.1) is 0 Å². The second kappa shape index (κ2) is 5.08. The molecule has 0 aromatic heterocycles. The molecular formula is C20H34O2. The Morgan fingerprint density at radius 3 is 2.41 bits per heavy atom. The van der Waals surface area contributed by atoms with Gasteiger partial charge >= 0.3 is 0 Å². The van der Waals surface area contributed by atoms with Crippen LogP contribution in [0, 0.1) is 29.1 Å². The zero-order valence-electron chi connectivity index (χ0n) is 14.9. The van der Waals surface area contributed by atoms with Crippen LogP contribution in [0.4, 0.5) is 0 Å². The molecule has 3 saturated carbocycles. The number of fused-ring (bicyclic) bond motifs is 2. The summed E-state index contributed by atoms with van der Waals surface area (Å²) in [4.78, 5) is 0. The Labute approximate surface area is 136 Å². The maximum atomic E-state index is 11.1. The van der Waals surface area contributed by atoms with Crippen molar-refractivity contribution in [3.8, 4) is 0 Å². The highest BCUT2D eigenvalue weighted by Gasteiger charge is 2.55. The van der Waals surface area contributed by atoms with Gasteiger partial charge in [-0.1, -0.05) is 19.1 Å². The predicted octanol–water partition coefficient (Wildman–Crippen LogP) is 4.31. The van der Waals surface area contributed by atoms with Crippen LogP contribution in [0.5, 0.6) is 0 Å². The summed E-state index contributed by atoms with van der Waals surface area (Å²) in [6.07, 6.45) is 7.60. The predicted molar refractivity (Wildman–Crippen MR) is 90.4 cm³/mol. The molecule has 126 valence electrons. The molecular weight excluding hydrogens is 272 g/mol. The lowest BCUT2D eigenvalue weighted by Crippen LogP contribution is -2.45. The third kappa shape index (κ3) is 2.57. The molecule has 3 rings (SSSR count).